The van der Waals surface area contributed by atoms with Crippen LogP contribution >= 0.6 is 15.9 Å². The molecule has 1 N–H and O–H groups in total. The number of benzene rings is 1. The van der Waals surface area contributed by atoms with E-state index in [1.807, 2.05) is 17.0 Å². The molecule has 0 spiro atoms. The standard InChI is InChI=1S/C15H19BrN2O3/c1-10(19)18-4-2-12(3-5-18)17-8-11-6-14-15(7-13(11)16)21-9-20-14/h6-7,12,17H,2-5,8-9H2,1H3. The first-order valence-corrected chi connectivity index (χ1v) is 7.99. The van der Waals surface area contributed by atoms with Gasteiger partial charge in [0, 0.05) is 37.1 Å². The van der Waals surface area contributed by atoms with Crippen molar-refractivity contribution in [2.45, 2.75) is 32.4 Å². The zero-order valence-corrected chi connectivity index (χ0v) is 13.6. The highest BCUT2D eigenvalue weighted by Crippen LogP contribution is 2.36. The number of fused-ring (bicyclic) bond motifs is 1. The quantitative estimate of drug-likeness (QED) is 0.904. The number of rotatable bonds is 3. The van der Waals surface area contributed by atoms with E-state index in [1.54, 1.807) is 6.92 Å². The van der Waals surface area contributed by atoms with Crippen molar-refractivity contribution < 1.29 is 14.3 Å². The largest absolute Gasteiger partial charge is 0.454 e. The van der Waals surface area contributed by atoms with Crippen molar-refractivity contribution in [2.75, 3.05) is 19.9 Å². The van der Waals surface area contributed by atoms with Crippen LogP contribution in [0.15, 0.2) is 16.6 Å². The highest BCUT2D eigenvalue weighted by atomic mass is 79.9. The van der Waals surface area contributed by atoms with Gasteiger partial charge < -0.3 is 19.7 Å². The lowest BCUT2D eigenvalue weighted by Gasteiger charge is -2.31. The second-order valence-corrected chi connectivity index (χ2v) is 6.31. The maximum absolute atomic E-state index is 11.3. The van der Waals surface area contributed by atoms with Gasteiger partial charge in [-0.2, -0.15) is 0 Å². The highest BCUT2D eigenvalue weighted by molar-refractivity contribution is 9.10. The Balaban J connectivity index is 1.55. The summed E-state index contributed by atoms with van der Waals surface area (Å²) < 4.78 is 11.8. The van der Waals surface area contributed by atoms with Crippen LogP contribution in [0.1, 0.15) is 25.3 Å². The number of likely N-dealkylation sites (tertiary alicyclic amines) is 1. The van der Waals surface area contributed by atoms with Crippen molar-refractivity contribution >= 4 is 21.8 Å². The number of halogens is 1. The first-order valence-electron chi connectivity index (χ1n) is 7.20. The van der Waals surface area contributed by atoms with Crippen LogP contribution in [-0.4, -0.2) is 36.7 Å². The van der Waals surface area contributed by atoms with Crippen molar-refractivity contribution in [3.63, 3.8) is 0 Å². The van der Waals surface area contributed by atoms with E-state index in [1.165, 1.54) is 0 Å². The van der Waals surface area contributed by atoms with Gasteiger partial charge in [0.25, 0.3) is 0 Å². The molecule has 0 atom stereocenters. The number of ether oxygens (including phenoxy) is 2. The van der Waals surface area contributed by atoms with Crippen LogP contribution < -0.4 is 14.8 Å². The normalized spacial score (nSPS) is 18.1. The number of nitrogens with zero attached hydrogens (tertiary/aromatic N) is 1. The topological polar surface area (TPSA) is 50.8 Å². The Labute approximate surface area is 132 Å². The zero-order chi connectivity index (χ0) is 14.8. The van der Waals surface area contributed by atoms with Crippen LogP contribution in [0.25, 0.3) is 0 Å². The number of amides is 1. The smallest absolute Gasteiger partial charge is 0.231 e. The highest BCUT2D eigenvalue weighted by Gasteiger charge is 2.21. The van der Waals surface area contributed by atoms with Crippen LogP contribution in [0.4, 0.5) is 0 Å². The molecule has 0 radical (unpaired) electrons. The molecule has 6 heteroatoms. The molecule has 1 amide bonds. The lowest BCUT2D eigenvalue weighted by Crippen LogP contribution is -2.43. The molecule has 1 aromatic rings. The summed E-state index contributed by atoms with van der Waals surface area (Å²) in [6.45, 7) is 4.40. The maximum atomic E-state index is 11.3. The molecule has 5 nitrogen and oxygen atoms in total. The molecule has 21 heavy (non-hydrogen) atoms. The van der Waals surface area contributed by atoms with E-state index in [0.29, 0.717) is 12.8 Å². The summed E-state index contributed by atoms with van der Waals surface area (Å²) in [5.41, 5.74) is 1.16. The molecule has 2 aliphatic heterocycles. The summed E-state index contributed by atoms with van der Waals surface area (Å²) in [6, 6.07) is 4.43. The fourth-order valence-corrected chi connectivity index (χ4v) is 3.21. The van der Waals surface area contributed by atoms with E-state index in [2.05, 4.69) is 21.2 Å². The Hall–Kier alpha value is -1.27. The van der Waals surface area contributed by atoms with Gasteiger partial charge in [-0.15, -0.1) is 0 Å². The van der Waals surface area contributed by atoms with Gasteiger partial charge in [-0.3, -0.25) is 4.79 Å². The van der Waals surface area contributed by atoms with Gasteiger partial charge in [0.15, 0.2) is 11.5 Å². The maximum Gasteiger partial charge on any atom is 0.231 e. The minimum Gasteiger partial charge on any atom is -0.454 e. The molecule has 0 unspecified atom stereocenters. The van der Waals surface area contributed by atoms with E-state index in [-0.39, 0.29) is 5.91 Å². The van der Waals surface area contributed by atoms with Gasteiger partial charge in [0.2, 0.25) is 12.7 Å². The Morgan fingerprint density at radius 2 is 2.00 bits per heavy atom. The van der Waals surface area contributed by atoms with Gasteiger partial charge in [0.05, 0.1) is 0 Å². The monoisotopic (exact) mass is 354 g/mol. The van der Waals surface area contributed by atoms with Crippen molar-refractivity contribution in [1.82, 2.24) is 10.2 Å². The number of hydrogen-bond donors (Lipinski definition) is 1. The summed E-state index contributed by atoms with van der Waals surface area (Å²) in [5, 5.41) is 3.57. The van der Waals surface area contributed by atoms with Crippen LogP contribution in [-0.2, 0) is 11.3 Å². The summed E-state index contributed by atoms with van der Waals surface area (Å²) in [6.07, 6.45) is 2.00. The van der Waals surface area contributed by atoms with E-state index >= 15 is 0 Å². The number of hydrogen-bond acceptors (Lipinski definition) is 4. The van der Waals surface area contributed by atoms with Gasteiger partial charge in [-0.1, -0.05) is 15.9 Å². The van der Waals surface area contributed by atoms with Gasteiger partial charge in [-0.05, 0) is 30.5 Å². The number of piperidine rings is 1. The summed E-state index contributed by atoms with van der Waals surface area (Å²) >= 11 is 3.58. The van der Waals surface area contributed by atoms with Crippen LogP contribution in [0.2, 0.25) is 0 Å². The van der Waals surface area contributed by atoms with Crippen LogP contribution in [0.5, 0.6) is 11.5 Å². The molecule has 2 aliphatic rings. The third-order valence-corrected chi connectivity index (χ3v) is 4.80. The SMILES string of the molecule is CC(=O)N1CCC(NCc2cc3c(cc2Br)OCO3)CC1. The molecular weight excluding hydrogens is 336 g/mol. The van der Waals surface area contributed by atoms with Gasteiger partial charge in [0.1, 0.15) is 0 Å². The lowest BCUT2D eigenvalue weighted by atomic mass is 10.0. The number of nitrogens with one attached hydrogen (secondary N) is 1. The minimum absolute atomic E-state index is 0.173. The third-order valence-electron chi connectivity index (χ3n) is 4.06. The summed E-state index contributed by atoms with van der Waals surface area (Å²) in [7, 11) is 0. The number of carbonyl (C=O) groups excluding carboxylic acids is 1. The predicted octanol–water partition coefficient (Wildman–Crippen LogP) is 2.28. The molecule has 0 aromatic heterocycles. The average molecular weight is 355 g/mol. The Kier molecular flexibility index (Phi) is 4.35. The summed E-state index contributed by atoms with van der Waals surface area (Å²) in [4.78, 5) is 13.2. The van der Waals surface area contributed by atoms with E-state index in [0.717, 1.165) is 54.0 Å². The molecular formula is C15H19BrN2O3. The van der Waals surface area contributed by atoms with Gasteiger partial charge >= 0.3 is 0 Å². The van der Waals surface area contributed by atoms with Crippen molar-refractivity contribution in [3.8, 4) is 11.5 Å². The summed E-state index contributed by atoms with van der Waals surface area (Å²) in [5.74, 6) is 1.77. The Morgan fingerprint density at radius 1 is 1.33 bits per heavy atom. The second-order valence-electron chi connectivity index (χ2n) is 5.46. The zero-order valence-electron chi connectivity index (χ0n) is 12.0. The van der Waals surface area contributed by atoms with Crippen molar-refractivity contribution in [1.29, 1.82) is 0 Å². The molecule has 3 rings (SSSR count). The number of carbonyl (C=O) groups is 1. The molecule has 1 fully saturated rings. The Bertz CT molecular complexity index is 542. The minimum atomic E-state index is 0.173. The Morgan fingerprint density at radius 3 is 2.67 bits per heavy atom. The van der Waals surface area contributed by atoms with Crippen molar-refractivity contribution in [3.05, 3.63) is 22.2 Å². The van der Waals surface area contributed by atoms with E-state index in [9.17, 15) is 4.79 Å². The molecule has 114 valence electrons. The van der Waals surface area contributed by atoms with Crippen molar-refractivity contribution in [2.24, 2.45) is 0 Å². The first-order chi connectivity index (χ1) is 10.1. The fraction of sp³-hybridized carbons (Fsp3) is 0.533. The predicted molar refractivity (Wildman–Crippen MR) is 82.4 cm³/mol. The molecule has 2 heterocycles. The molecule has 0 aliphatic carbocycles. The fourth-order valence-electron chi connectivity index (χ4n) is 2.75. The van der Waals surface area contributed by atoms with Crippen LogP contribution in [0.3, 0.4) is 0 Å². The van der Waals surface area contributed by atoms with Crippen LogP contribution in [0, 0.1) is 0 Å². The molecule has 1 saturated heterocycles. The molecule has 0 bridgehead atoms. The molecule has 1 aromatic carbocycles. The lowest BCUT2D eigenvalue weighted by molar-refractivity contribution is -0.129. The second kappa shape index (κ2) is 6.23. The molecule has 0 saturated carbocycles. The third kappa shape index (κ3) is 3.32. The average Bonchev–Trinajstić information content (AvgIpc) is 2.92. The van der Waals surface area contributed by atoms with E-state index in [4.69, 9.17) is 9.47 Å². The van der Waals surface area contributed by atoms with E-state index < -0.39 is 0 Å². The van der Waals surface area contributed by atoms with Gasteiger partial charge in [-0.25, -0.2) is 0 Å². The first kappa shape index (κ1) is 14.7.